The molecule has 0 atom stereocenters. The number of nitrogens with one attached hydrogen (secondary N) is 1. The Morgan fingerprint density at radius 1 is 1.05 bits per heavy atom. The van der Waals surface area contributed by atoms with E-state index in [1.165, 1.54) is 0 Å². The molecular formula is C16H25ClN2O. The minimum atomic E-state index is -0.162. The standard InChI is InChI=1S/C16H24N2O.ClH/c1-6-11-18(12-7-2,13-8-3)14-9-10-17-16(19)15(4)5;/h6-10H,1-4,11-14H2,5H3;1H. The predicted molar refractivity (Wildman–Crippen MR) is 82.4 cm³/mol. The molecule has 112 valence electrons. The van der Waals surface area contributed by atoms with Crippen LogP contribution in [0, 0.1) is 0 Å². The van der Waals surface area contributed by atoms with Crippen LogP contribution in [0.4, 0.5) is 0 Å². The van der Waals surface area contributed by atoms with Crippen LogP contribution in [0.25, 0.3) is 0 Å². The zero-order valence-corrected chi connectivity index (χ0v) is 13.0. The molecule has 0 fully saturated rings. The summed E-state index contributed by atoms with van der Waals surface area (Å²) >= 11 is 0. The number of hydrogen-bond donors (Lipinski definition) is 1. The van der Waals surface area contributed by atoms with Gasteiger partial charge in [0.25, 0.3) is 0 Å². The molecule has 1 amide bonds. The van der Waals surface area contributed by atoms with Crippen LogP contribution in [-0.4, -0.2) is 36.6 Å². The second-order valence-electron chi connectivity index (χ2n) is 4.59. The second-order valence-corrected chi connectivity index (χ2v) is 4.59. The smallest absolute Gasteiger partial charge is 0.250 e. The first-order chi connectivity index (χ1) is 9.01. The molecule has 0 spiro atoms. The average Bonchev–Trinajstić information content (AvgIpc) is 2.35. The van der Waals surface area contributed by atoms with Crippen molar-refractivity contribution < 1.29 is 21.7 Å². The van der Waals surface area contributed by atoms with E-state index < -0.39 is 0 Å². The Balaban J connectivity index is 0. The van der Waals surface area contributed by atoms with Crippen molar-refractivity contribution in [2.75, 3.05) is 26.2 Å². The normalized spacial score (nSPS) is 10.4. The topological polar surface area (TPSA) is 29.1 Å². The van der Waals surface area contributed by atoms with Gasteiger partial charge in [-0.25, -0.2) is 0 Å². The van der Waals surface area contributed by atoms with E-state index in [-0.39, 0.29) is 18.3 Å². The van der Waals surface area contributed by atoms with Crippen molar-refractivity contribution in [3.05, 3.63) is 62.4 Å². The third kappa shape index (κ3) is 7.77. The fourth-order valence-corrected chi connectivity index (χ4v) is 1.80. The lowest BCUT2D eigenvalue weighted by Crippen LogP contribution is -3.00. The predicted octanol–water partition coefficient (Wildman–Crippen LogP) is -0.429. The minimum absolute atomic E-state index is 0. The van der Waals surface area contributed by atoms with Crippen molar-refractivity contribution in [3.8, 4) is 0 Å². The zero-order valence-electron chi connectivity index (χ0n) is 12.3. The third-order valence-electron chi connectivity index (χ3n) is 2.76. The first kappa shape index (κ1) is 20.7. The first-order valence-corrected chi connectivity index (χ1v) is 6.30. The van der Waals surface area contributed by atoms with Crippen molar-refractivity contribution in [1.82, 2.24) is 5.32 Å². The molecule has 0 rings (SSSR count). The number of quaternary nitrogens is 1. The Morgan fingerprint density at radius 3 is 1.85 bits per heavy atom. The van der Waals surface area contributed by atoms with Crippen molar-refractivity contribution in [1.29, 1.82) is 0 Å². The molecule has 3 nitrogen and oxygen atoms in total. The molecule has 0 aromatic rings. The lowest BCUT2D eigenvalue weighted by Gasteiger charge is -2.35. The molecule has 0 aromatic carbocycles. The highest BCUT2D eigenvalue weighted by atomic mass is 35.5. The van der Waals surface area contributed by atoms with Gasteiger partial charge in [0.05, 0.1) is 26.2 Å². The number of hydrogen-bond acceptors (Lipinski definition) is 1. The van der Waals surface area contributed by atoms with E-state index >= 15 is 0 Å². The van der Waals surface area contributed by atoms with Gasteiger partial charge < -0.3 is 22.2 Å². The van der Waals surface area contributed by atoms with Crippen LogP contribution in [0.2, 0.25) is 0 Å². The lowest BCUT2D eigenvalue weighted by molar-refractivity contribution is -0.906. The largest absolute Gasteiger partial charge is 1.00 e. The quantitative estimate of drug-likeness (QED) is 0.331. The molecule has 0 saturated carbocycles. The van der Waals surface area contributed by atoms with E-state index in [0.29, 0.717) is 5.57 Å². The number of carbonyl (C=O) groups excluding carboxylic acids is 1. The molecule has 0 saturated heterocycles. The summed E-state index contributed by atoms with van der Waals surface area (Å²) in [5.41, 5.74) is 0.494. The third-order valence-corrected chi connectivity index (χ3v) is 2.76. The van der Waals surface area contributed by atoms with Crippen LogP contribution >= 0.6 is 0 Å². The number of nitrogens with zero attached hydrogens (tertiary/aromatic N) is 1. The van der Waals surface area contributed by atoms with E-state index in [1.54, 1.807) is 13.1 Å². The summed E-state index contributed by atoms with van der Waals surface area (Å²) in [6.07, 6.45) is 9.30. The highest BCUT2D eigenvalue weighted by Crippen LogP contribution is 2.08. The van der Waals surface area contributed by atoms with Crippen LogP contribution < -0.4 is 17.7 Å². The van der Waals surface area contributed by atoms with E-state index in [9.17, 15) is 4.79 Å². The van der Waals surface area contributed by atoms with Gasteiger partial charge in [-0.2, -0.15) is 0 Å². The highest BCUT2D eigenvalue weighted by Gasteiger charge is 2.20. The summed E-state index contributed by atoms with van der Waals surface area (Å²) in [6, 6.07) is 0. The van der Waals surface area contributed by atoms with Gasteiger partial charge >= 0.3 is 0 Å². The maximum atomic E-state index is 11.3. The molecule has 4 heteroatoms. The van der Waals surface area contributed by atoms with E-state index in [4.69, 9.17) is 0 Å². The SMILES string of the molecule is C=CC[N+](CC=C)(CC=C)CC=CNC(=O)C(=C)C.[Cl-]. The van der Waals surface area contributed by atoms with Crippen molar-refractivity contribution >= 4 is 5.91 Å². The maximum Gasteiger partial charge on any atom is 0.250 e. The summed E-state index contributed by atoms with van der Waals surface area (Å²) in [7, 11) is 0. The van der Waals surface area contributed by atoms with Crippen molar-refractivity contribution in [2.45, 2.75) is 6.92 Å². The maximum absolute atomic E-state index is 11.3. The molecule has 0 bridgehead atoms. The minimum Gasteiger partial charge on any atom is -1.00 e. The molecule has 1 N–H and O–H groups in total. The summed E-state index contributed by atoms with van der Waals surface area (Å²) in [5, 5.41) is 2.67. The lowest BCUT2D eigenvalue weighted by atomic mass is 10.3. The number of halogens is 1. The highest BCUT2D eigenvalue weighted by molar-refractivity contribution is 5.92. The molecule has 0 aromatic heterocycles. The number of carbonyl (C=O) groups is 1. The Labute approximate surface area is 129 Å². The summed E-state index contributed by atoms with van der Waals surface area (Å²) in [4.78, 5) is 11.3. The van der Waals surface area contributed by atoms with Gasteiger partial charge in [0.1, 0.15) is 0 Å². The van der Waals surface area contributed by atoms with Gasteiger partial charge in [0.15, 0.2) is 0 Å². The van der Waals surface area contributed by atoms with Gasteiger partial charge in [-0.05, 0) is 31.2 Å². The zero-order chi connectivity index (χ0) is 14.7. The molecule has 0 unspecified atom stereocenters. The first-order valence-electron chi connectivity index (χ1n) is 6.30. The van der Waals surface area contributed by atoms with Crippen molar-refractivity contribution in [3.63, 3.8) is 0 Å². The van der Waals surface area contributed by atoms with Gasteiger partial charge in [-0.3, -0.25) is 4.79 Å². The number of rotatable bonds is 10. The van der Waals surface area contributed by atoms with E-state index in [2.05, 4.69) is 31.6 Å². The van der Waals surface area contributed by atoms with Crippen LogP contribution in [-0.2, 0) is 4.79 Å². The van der Waals surface area contributed by atoms with Gasteiger partial charge in [0, 0.05) is 11.8 Å². The fraction of sp³-hybridized carbons (Fsp3) is 0.312. The Morgan fingerprint density at radius 2 is 1.50 bits per heavy atom. The summed E-state index contributed by atoms with van der Waals surface area (Å²) < 4.78 is 0.774. The molecule has 0 heterocycles. The molecule has 0 radical (unpaired) electrons. The van der Waals surface area contributed by atoms with Gasteiger partial charge in [-0.1, -0.05) is 26.3 Å². The monoisotopic (exact) mass is 296 g/mol. The Hall–Kier alpha value is -1.58. The fourth-order valence-electron chi connectivity index (χ4n) is 1.80. The molecule has 0 aliphatic carbocycles. The summed E-state index contributed by atoms with van der Waals surface area (Å²) in [5.74, 6) is -0.162. The van der Waals surface area contributed by atoms with Crippen molar-refractivity contribution in [2.24, 2.45) is 0 Å². The molecular weight excluding hydrogens is 272 g/mol. The summed E-state index contributed by atoms with van der Waals surface area (Å²) in [6.45, 7) is 19.9. The Kier molecular flexibility index (Phi) is 11.7. The second kappa shape index (κ2) is 11.3. The molecule has 0 aliphatic rings. The van der Waals surface area contributed by atoms with Crippen LogP contribution in [0.1, 0.15) is 6.92 Å². The van der Waals surface area contributed by atoms with Gasteiger partial charge in [0.2, 0.25) is 5.91 Å². The van der Waals surface area contributed by atoms with Crippen LogP contribution in [0.5, 0.6) is 0 Å². The number of amides is 1. The molecule has 0 aliphatic heterocycles. The van der Waals surface area contributed by atoms with Crippen LogP contribution in [0.15, 0.2) is 62.4 Å². The van der Waals surface area contributed by atoms with Gasteiger partial charge in [-0.15, -0.1) is 0 Å². The van der Waals surface area contributed by atoms with E-state index in [1.807, 2.05) is 24.3 Å². The Bertz CT molecular complexity index is 359. The average molecular weight is 297 g/mol. The molecule has 20 heavy (non-hydrogen) atoms. The van der Waals surface area contributed by atoms with E-state index in [0.717, 1.165) is 30.7 Å². The van der Waals surface area contributed by atoms with Crippen LogP contribution in [0.3, 0.4) is 0 Å².